The summed E-state index contributed by atoms with van der Waals surface area (Å²) in [7, 11) is 0. The lowest BCUT2D eigenvalue weighted by Crippen LogP contribution is -2.45. The number of halogens is 1. The first kappa shape index (κ1) is 24.4. The summed E-state index contributed by atoms with van der Waals surface area (Å²) in [6.45, 7) is 12.5. The molecule has 2 unspecified atom stereocenters. The molecule has 1 saturated heterocycles. The van der Waals surface area contributed by atoms with E-state index >= 15 is 0 Å². The van der Waals surface area contributed by atoms with Gasteiger partial charge in [0, 0.05) is 17.6 Å². The molecule has 2 rings (SSSR count). The van der Waals surface area contributed by atoms with E-state index in [9.17, 15) is 0 Å². The van der Waals surface area contributed by atoms with Gasteiger partial charge in [-0.25, -0.2) is 9.59 Å². The third-order valence-corrected chi connectivity index (χ3v) is 4.68. The molecule has 7 nitrogen and oxygen atoms in total. The van der Waals surface area contributed by atoms with E-state index in [0.717, 1.165) is 42.9 Å². The van der Waals surface area contributed by atoms with Gasteiger partial charge in [0.25, 0.3) is 0 Å². The monoisotopic (exact) mass is 459 g/mol. The fourth-order valence-electron chi connectivity index (χ4n) is 3.20. The van der Waals surface area contributed by atoms with Crippen LogP contribution >= 0.6 is 15.9 Å². The number of carbonyl (C=O) groups is 2. The number of benzene rings is 1. The average molecular weight is 460 g/mol. The molecule has 0 amide bonds. The summed E-state index contributed by atoms with van der Waals surface area (Å²) in [5.74, 6) is -2.61. The number of unbranched alkanes of at least 4 members (excludes halogenated alkanes) is 1. The van der Waals surface area contributed by atoms with Crippen molar-refractivity contribution in [3.8, 4) is 5.75 Å². The maximum Gasteiger partial charge on any atom is 0.414 e. The van der Waals surface area contributed by atoms with Gasteiger partial charge in [-0.05, 0) is 70.3 Å². The van der Waals surface area contributed by atoms with Crippen LogP contribution in [-0.2, 0) is 14.3 Å². The van der Waals surface area contributed by atoms with Gasteiger partial charge in [0.05, 0.1) is 18.8 Å². The lowest BCUT2D eigenvalue weighted by atomic mass is 10.1. The van der Waals surface area contributed by atoms with Crippen molar-refractivity contribution in [3.63, 3.8) is 0 Å². The molecule has 0 radical (unpaired) electrons. The first-order valence-corrected chi connectivity index (χ1v) is 10.1. The summed E-state index contributed by atoms with van der Waals surface area (Å²) in [5.41, 5.74) is 2.39. The maximum absolute atomic E-state index is 9.10. The van der Waals surface area contributed by atoms with Crippen molar-refractivity contribution in [2.75, 3.05) is 26.2 Å². The third-order valence-electron chi connectivity index (χ3n) is 4.22. The summed E-state index contributed by atoms with van der Waals surface area (Å²) in [4.78, 5) is 20.7. The van der Waals surface area contributed by atoms with Gasteiger partial charge in [-0.1, -0.05) is 15.9 Å². The minimum Gasteiger partial charge on any atom is -0.493 e. The van der Waals surface area contributed by atoms with Gasteiger partial charge in [-0.3, -0.25) is 4.90 Å². The van der Waals surface area contributed by atoms with Crippen LogP contribution < -0.4 is 4.74 Å². The van der Waals surface area contributed by atoms with Gasteiger partial charge in [0.2, 0.25) is 0 Å². The van der Waals surface area contributed by atoms with Crippen molar-refractivity contribution in [1.82, 2.24) is 4.90 Å². The molecule has 0 bridgehead atoms. The van der Waals surface area contributed by atoms with Gasteiger partial charge in [-0.15, -0.1) is 0 Å². The second-order valence-corrected chi connectivity index (χ2v) is 7.97. The molecule has 1 aromatic carbocycles. The molecule has 0 spiro atoms. The number of aliphatic carboxylic acids is 2. The number of carboxylic acids is 2. The highest BCUT2D eigenvalue weighted by Gasteiger charge is 2.21. The van der Waals surface area contributed by atoms with Crippen molar-refractivity contribution in [2.24, 2.45) is 0 Å². The number of aryl methyl sites for hydroxylation is 2. The SMILES string of the molecule is Cc1cc(Br)cc(C)c1OCCCCN1CC(C)OC(C)C1.O=C(O)C(=O)O. The van der Waals surface area contributed by atoms with Gasteiger partial charge in [0.15, 0.2) is 0 Å². The smallest absolute Gasteiger partial charge is 0.414 e. The van der Waals surface area contributed by atoms with Crippen LogP contribution in [0.3, 0.4) is 0 Å². The molecule has 1 aliphatic rings. The maximum atomic E-state index is 9.10. The Morgan fingerprint density at radius 3 is 2.07 bits per heavy atom. The van der Waals surface area contributed by atoms with Crippen LogP contribution in [0.4, 0.5) is 0 Å². The largest absolute Gasteiger partial charge is 0.493 e. The molecule has 8 heteroatoms. The van der Waals surface area contributed by atoms with Crippen LogP contribution in [0.2, 0.25) is 0 Å². The predicted octanol–water partition coefficient (Wildman–Crippen LogP) is 3.49. The molecule has 2 atom stereocenters. The number of carboxylic acid groups (broad SMARTS) is 2. The predicted molar refractivity (Wildman–Crippen MR) is 110 cm³/mol. The van der Waals surface area contributed by atoms with Crippen molar-refractivity contribution >= 4 is 27.9 Å². The minimum atomic E-state index is -1.82. The summed E-state index contributed by atoms with van der Waals surface area (Å²) in [6.07, 6.45) is 2.98. The number of hydrogen-bond acceptors (Lipinski definition) is 5. The fraction of sp³-hybridized carbons (Fsp3) is 0.600. The molecule has 1 heterocycles. The Labute approximate surface area is 174 Å². The summed E-state index contributed by atoms with van der Waals surface area (Å²) in [5, 5.41) is 14.8. The van der Waals surface area contributed by atoms with Crippen LogP contribution in [0, 0.1) is 13.8 Å². The molecule has 1 aliphatic heterocycles. The molecule has 1 aromatic rings. The second-order valence-electron chi connectivity index (χ2n) is 7.05. The van der Waals surface area contributed by atoms with Crippen molar-refractivity contribution < 1.29 is 29.3 Å². The first-order chi connectivity index (χ1) is 13.1. The number of morpholine rings is 1. The third kappa shape index (κ3) is 9.03. The molecule has 2 N–H and O–H groups in total. The molecule has 0 saturated carbocycles. The van der Waals surface area contributed by atoms with Gasteiger partial charge < -0.3 is 19.7 Å². The van der Waals surface area contributed by atoms with Crippen LogP contribution in [0.25, 0.3) is 0 Å². The van der Waals surface area contributed by atoms with Crippen molar-refractivity contribution in [2.45, 2.75) is 52.7 Å². The number of nitrogens with zero attached hydrogens (tertiary/aromatic N) is 1. The highest BCUT2D eigenvalue weighted by molar-refractivity contribution is 9.10. The van der Waals surface area contributed by atoms with E-state index in [-0.39, 0.29) is 0 Å². The Hall–Kier alpha value is -1.64. The normalized spacial score (nSPS) is 19.5. The zero-order valence-corrected chi connectivity index (χ0v) is 18.5. The fourth-order valence-corrected chi connectivity index (χ4v) is 3.89. The average Bonchev–Trinajstić information content (AvgIpc) is 2.56. The van der Waals surface area contributed by atoms with Crippen LogP contribution in [0.5, 0.6) is 5.75 Å². The molecule has 28 heavy (non-hydrogen) atoms. The van der Waals surface area contributed by atoms with Gasteiger partial charge in [0.1, 0.15) is 5.75 Å². The van der Waals surface area contributed by atoms with Crippen LogP contribution in [-0.4, -0.2) is 65.5 Å². The molecule has 0 aromatic heterocycles. The molecule has 1 fully saturated rings. The minimum absolute atomic E-state index is 0.355. The van der Waals surface area contributed by atoms with E-state index in [4.69, 9.17) is 29.3 Å². The zero-order valence-electron chi connectivity index (χ0n) is 16.9. The zero-order chi connectivity index (χ0) is 21.3. The van der Waals surface area contributed by atoms with E-state index in [0.29, 0.717) is 12.2 Å². The van der Waals surface area contributed by atoms with E-state index < -0.39 is 11.9 Å². The van der Waals surface area contributed by atoms with Gasteiger partial charge >= 0.3 is 11.9 Å². The standard InChI is InChI=1S/C18H28BrNO2.C2H2O4/c1-13-9-17(19)10-14(2)18(13)21-8-6-5-7-20-11-15(3)22-16(4)12-20;3-1(4)2(5)6/h9-10,15-16H,5-8,11-12H2,1-4H3;(H,3,4)(H,5,6). The van der Waals surface area contributed by atoms with E-state index in [2.05, 4.69) is 60.7 Å². The molecule has 0 aliphatic carbocycles. The number of rotatable bonds is 6. The first-order valence-electron chi connectivity index (χ1n) is 9.33. The second kappa shape index (κ2) is 12.0. The summed E-state index contributed by atoms with van der Waals surface area (Å²) < 4.78 is 12.9. The quantitative estimate of drug-likeness (QED) is 0.496. The molecular weight excluding hydrogens is 430 g/mol. The Bertz CT molecular complexity index is 621. The van der Waals surface area contributed by atoms with Crippen LogP contribution in [0.1, 0.15) is 37.8 Å². The van der Waals surface area contributed by atoms with Crippen LogP contribution in [0.15, 0.2) is 16.6 Å². The Balaban J connectivity index is 0.000000568. The molecule has 158 valence electrons. The Morgan fingerprint density at radius 1 is 1.11 bits per heavy atom. The summed E-state index contributed by atoms with van der Waals surface area (Å²) >= 11 is 3.52. The van der Waals surface area contributed by atoms with E-state index in [1.165, 1.54) is 17.5 Å². The Morgan fingerprint density at radius 2 is 1.61 bits per heavy atom. The highest BCUT2D eigenvalue weighted by Crippen LogP contribution is 2.27. The number of hydrogen-bond donors (Lipinski definition) is 2. The topological polar surface area (TPSA) is 96.3 Å². The van der Waals surface area contributed by atoms with Gasteiger partial charge in [-0.2, -0.15) is 0 Å². The van der Waals surface area contributed by atoms with Crippen molar-refractivity contribution in [3.05, 3.63) is 27.7 Å². The number of ether oxygens (including phenoxy) is 2. The van der Waals surface area contributed by atoms with E-state index in [1.807, 2.05) is 0 Å². The lowest BCUT2D eigenvalue weighted by Gasteiger charge is -2.35. The Kier molecular flexibility index (Phi) is 10.5. The highest BCUT2D eigenvalue weighted by atomic mass is 79.9. The van der Waals surface area contributed by atoms with Crippen molar-refractivity contribution in [1.29, 1.82) is 0 Å². The summed E-state index contributed by atoms with van der Waals surface area (Å²) in [6, 6.07) is 4.22. The lowest BCUT2D eigenvalue weighted by molar-refractivity contribution is -0.159. The molecular formula is C20H30BrNO6. The van der Waals surface area contributed by atoms with E-state index in [1.54, 1.807) is 0 Å².